The Morgan fingerprint density at radius 1 is 1.41 bits per heavy atom. The first-order valence-electron chi connectivity index (χ1n) is 5.53. The summed E-state index contributed by atoms with van der Waals surface area (Å²) in [6, 6.07) is 4.04. The van der Waals surface area contributed by atoms with Crippen LogP contribution in [0.2, 0.25) is 0 Å². The highest BCUT2D eigenvalue weighted by Crippen LogP contribution is 2.16. The first-order chi connectivity index (χ1) is 8.11. The number of hydrogen-bond donors (Lipinski definition) is 1. The number of furan rings is 1. The lowest BCUT2D eigenvalue weighted by Crippen LogP contribution is -2.09. The van der Waals surface area contributed by atoms with Crippen LogP contribution in [0.25, 0.3) is 0 Å². The van der Waals surface area contributed by atoms with Gasteiger partial charge in [0.25, 0.3) is 0 Å². The van der Waals surface area contributed by atoms with Gasteiger partial charge in [-0.1, -0.05) is 0 Å². The molecule has 0 amide bonds. The van der Waals surface area contributed by atoms with Gasteiger partial charge in [-0.3, -0.25) is 5.41 Å². The molecule has 0 saturated carbocycles. The number of hydrogen-bond acceptors (Lipinski definition) is 5. The Bertz CT molecular complexity index is 350. The van der Waals surface area contributed by atoms with Gasteiger partial charge in [0.2, 0.25) is 0 Å². The van der Waals surface area contributed by atoms with Crippen molar-refractivity contribution in [2.45, 2.75) is 18.7 Å². The summed E-state index contributed by atoms with van der Waals surface area (Å²) in [5, 5.41) is 7.34. The third-order valence-corrected chi connectivity index (χ3v) is 3.13. The molecular formula is C12H20N2O2S. The summed E-state index contributed by atoms with van der Waals surface area (Å²) in [5.74, 6) is 4.07. The quantitative estimate of drug-likeness (QED) is 0.463. The highest BCUT2D eigenvalue weighted by atomic mass is 32.2. The smallest absolute Gasteiger partial charge is 0.180 e. The van der Waals surface area contributed by atoms with Crippen LogP contribution in [0.3, 0.4) is 0 Å². The zero-order valence-corrected chi connectivity index (χ0v) is 11.5. The molecule has 0 unspecified atom stereocenters. The molecule has 17 heavy (non-hydrogen) atoms. The van der Waals surface area contributed by atoms with Gasteiger partial charge < -0.3 is 14.1 Å². The molecule has 0 fully saturated rings. The summed E-state index contributed by atoms with van der Waals surface area (Å²) < 4.78 is 10.5. The number of thioether (sulfide) groups is 1. The van der Waals surface area contributed by atoms with Crippen molar-refractivity contribution in [1.82, 2.24) is 4.90 Å². The van der Waals surface area contributed by atoms with Crippen LogP contribution < -0.4 is 0 Å². The van der Waals surface area contributed by atoms with Crippen molar-refractivity contribution in [2.75, 3.05) is 27.0 Å². The molecule has 0 aliphatic carbocycles. The number of methoxy groups -OCH3 is 1. The fourth-order valence-corrected chi connectivity index (χ4v) is 2.17. The van der Waals surface area contributed by atoms with Gasteiger partial charge in [-0.2, -0.15) is 11.8 Å². The molecule has 1 N–H and O–H groups in total. The van der Waals surface area contributed by atoms with E-state index in [0.29, 0.717) is 12.3 Å². The van der Waals surface area contributed by atoms with Crippen molar-refractivity contribution >= 4 is 17.7 Å². The average Bonchev–Trinajstić information content (AvgIpc) is 2.70. The summed E-state index contributed by atoms with van der Waals surface area (Å²) in [7, 11) is 5.58. The Balaban J connectivity index is 2.23. The minimum absolute atomic E-state index is 0.338. The fourth-order valence-electron chi connectivity index (χ4n) is 1.34. The molecule has 0 radical (unpaired) electrons. The first-order valence-corrected chi connectivity index (χ1v) is 6.68. The van der Waals surface area contributed by atoms with E-state index in [1.807, 2.05) is 26.2 Å². The van der Waals surface area contributed by atoms with E-state index < -0.39 is 0 Å². The number of rotatable bonds is 7. The fraction of sp³-hybridized carbons (Fsp3) is 0.583. The van der Waals surface area contributed by atoms with Crippen LogP contribution in [-0.4, -0.2) is 37.8 Å². The standard InChI is InChI=1S/C12H20N2O2S/c1-14(2)8-10-4-5-11(16-10)9-17-7-6-12(13)15-3/h4-5,13H,6-9H2,1-3H3. The van der Waals surface area contributed by atoms with Gasteiger partial charge in [-0.05, 0) is 26.2 Å². The van der Waals surface area contributed by atoms with Crippen LogP contribution in [0, 0.1) is 5.41 Å². The van der Waals surface area contributed by atoms with Gasteiger partial charge in [-0.15, -0.1) is 0 Å². The molecule has 0 aliphatic rings. The maximum atomic E-state index is 7.34. The lowest BCUT2D eigenvalue weighted by atomic mass is 10.4. The van der Waals surface area contributed by atoms with Crippen LogP contribution in [-0.2, 0) is 17.0 Å². The maximum absolute atomic E-state index is 7.34. The van der Waals surface area contributed by atoms with Crippen LogP contribution in [0.1, 0.15) is 17.9 Å². The van der Waals surface area contributed by atoms with E-state index in [4.69, 9.17) is 14.6 Å². The van der Waals surface area contributed by atoms with Crippen molar-refractivity contribution in [2.24, 2.45) is 0 Å². The van der Waals surface area contributed by atoms with Crippen LogP contribution in [0.5, 0.6) is 0 Å². The Labute approximate surface area is 107 Å². The molecule has 5 heteroatoms. The van der Waals surface area contributed by atoms with Crippen molar-refractivity contribution < 1.29 is 9.15 Å². The molecular weight excluding hydrogens is 236 g/mol. The third-order valence-electron chi connectivity index (χ3n) is 2.15. The van der Waals surface area contributed by atoms with Crippen LogP contribution in [0.4, 0.5) is 0 Å². The van der Waals surface area contributed by atoms with Crippen LogP contribution >= 0.6 is 11.8 Å². The minimum Gasteiger partial charge on any atom is -0.484 e. The zero-order chi connectivity index (χ0) is 12.7. The molecule has 0 aliphatic heterocycles. The molecule has 1 aromatic rings. The van der Waals surface area contributed by atoms with Crippen molar-refractivity contribution in [3.8, 4) is 0 Å². The topological polar surface area (TPSA) is 49.5 Å². The van der Waals surface area contributed by atoms with Crippen molar-refractivity contribution in [1.29, 1.82) is 5.41 Å². The van der Waals surface area contributed by atoms with E-state index in [2.05, 4.69) is 4.90 Å². The van der Waals surface area contributed by atoms with Crippen LogP contribution in [0.15, 0.2) is 16.5 Å². The SMILES string of the molecule is COC(=N)CCSCc1ccc(CN(C)C)o1. The first kappa shape index (κ1) is 14.1. The lowest BCUT2D eigenvalue weighted by molar-refractivity contribution is 0.344. The molecule has 0 aromatic carbocycles. The van der Waals surface area contributed by atoms with Crippen molar-refractivity contribution in [3.63, 3.8) is 0 Å². The van der Waals surface area contributed by atoms with E-state index >= 15 is 0 Å². The van der Waals surface area contributed by atoms with E-state index in [1.54, 1.807) is 11.8 Å². The average molecular weight is 256 g/mol. The molecule has 0 spiro atoms. The van der Waals surface area contributed by atoms with Gasteiger partial charge in [0.05, 0.1) is 19.4 Å². The van der Waals surface area contributed by atoms with Gasteiger partial charge in [0.1, 0.15) is 11.5 Å². The van der Waals surface area contributed by atoms with E-state index in [1.165, 1.54) is 7.11 Å². The molecule has 1 rings (SSSR count). The van der Waals surface area contributed by atoms with Gasteiger partial charge in [0, 0.05) is 12.2 Å². The monoisotopic (exact) mass is 256 g/mol. The molecule has 1 aromatic heterocycles. The molecule has 4 nitrogen and oxygen atoms in total. The zero-order valence-electron chi connectivity index (χ0n) is 10.7. The second kappa shape index (κ2) is 7.40. The molecule has 0 saturated heterocycles. The Morgan fingerprint density at radius 2 is 2.12 bits per heavy atom. The van der Waals surface area contributed by atoms with E-state index in [9.17, 15) is 0 Å². The Hall–Kier alpha value is -0.940. The largest absolute Gasteiger partial charge is 0.484 e. The summed E-state index contributed by atoms with van der Waals surface area (Å²) in [5.41, 5.74) is 0. The number of ether oxygens (including phenoxy) is 1. The highest BCUT2D eigenvalue weighted by molar-refractivity contribution is 7.98. The molecule has 0 atom stereocenters. The molecule has 0 bridgehead atoms. The normalized spacial score (nSPS) is 10.8. The van der Waals surface area contributed by atoms with Crippen molar-refractivity contribution in [3.05, 3.63) is 23.7 Å². The summed E-state index contributed by atoms with van der Waals surface area (Å²) in [6.07, 6.45) is 0.673. The summed E-state index contributed by atoms with van der Waals surface area (Å²) in [6.45, 7) is 0.832. The minimum atomic E-state index is 0.338. The Morgan fingerprint density at radius 3 is 2.76 bits per heavy atom. The Kier molecular flexibility index (Phi) is 6.15. The lowest BCUT2D eigenvalue weighted by Gasteiger charge is -2.05. The predicted octanol–water partition coefficient (Wildman–Crippen LogP) is 2.59. The second-order valence-electron chi connectivity index (χ2n) is 4.04. The van der Waals surface area contributed by atoms with Gasteiger partial charge >= 0.3 is 0 Å². The number of nitrogens with one attached hydrogen (secondary N) is 1. The number of nitrogens with zero attached hydrogens (tertiary/aromatic N) is 1. The van der Waals surface area contributed by atoms with Gasteiger partial charge in [0.15, 0.2) is 5.90 Å². The molecule has 96 valence electrons. The van der Waals surface area contributed by atoms with E-state index in [-0.39, 0.29) is 0 Å². The maximum Gasteiger partial charge on any atom is 0.180 e. The van der Waals surface area contributed by atoms with Gasteiger partial charge in [-0.25, -0.2) is 0 Å². The van der Waals surface area contributed by atoms with E-state index in [0.717, 1.165) is 29.6 Å². The highest BCUT2D eigenvalue weighted by Gasteiger charge is 2.03. The molecule has 1 heterocycles. The predicted molar refractivity (Wildman–Crippen MR) is 71.6 cm³/mol. The summed E-state index contributed by atoms with van der Waals surface area (Å²) in [4.78, 5) is 2.08. The second-order valence-corrected chi connectivity index (χ2v) is 5.14. The third kappa shape index (κ3) is 5.79. The summed E-state index contributed by atoms with van der Waals surface area (Å²) >= 11 is 1.75.